The Labute approximate surface area is 244 Å². The number of benzene rings is 2. The molecule has 0 aliphatic carbocycles. The zero-order valence-electron chi connectivity index (χ0n) is 22.2. The first-order valence-corrected chi connectivity index (χ1v) is 13.8. The third-order valence-corrected chi connectivity index (χ3v) is 8.13. The number of halogens is 2. The van der Waals surface area contributed by atoms with Gasteiger partial charge in [-0.3, -0.25) is 4.98 Å². The van der Waals surface area contributed by atoms with E-state index in [1.54, 1.807) is 13.3 Å². The molecule has 6 nitrogen and oxygen atoms in total. The summed E-state index contributed by atoms with van der Waals surface area (Å²) >= 11 is 19.1. The maximum Gasteiger partial charge on any atom is 0.174 e. The Morgan fingerprint density at radius 3 is 2.51 bits per heavy atom. The number of nitrogens with one attached hydrogen (secondary N) is 1. The molecule has 0 saturated carbocycles. The average molecular weight is 582 g/mol. The Morgan fingerprint density at radius 2 is 1.79 bits per heavy atom. The molecule has 1 aliphatic rings. The van der Waals surface area contributed by atoms with Gasteiger partial charge in [0.1, 0.15) is 12.4 Å². The highest BCUT2D eigenvalue weighted by Gasteiger charge is 2.42. The van der Waals surface area contributed by atoms with E-state index < -0.39 is 0 Å². The predicted octanol–water partition coefficient (Wildman–Crippen LogP) is 7.31. The summed E-state index contributed by atoms with van der Waals surface area (Å²) in [6, 6.07) is 19.6. The lowest BCUT2D eigenvalue weighted by molar-refractivity contribution is 0.146. The van der Waals surface area contributed by atoms with Crippen LogP contribution in [-0.4, -0.2) is 35.0 Å². The van der Waals surface area contributed by atoms with Gasteiger partial charge in [0.25, 0.3) is 0 Å². The maximum absolute atomic E-state index is 6.67. The molecular weight excluding hydrogens is 551 g/mol. The Hall–Kier alpha value is -3.10. The fraction of sp³-hybridized carbons (Fsp3) is 0.267. The van der Waals surface area contributed by atoms with E-state index in [2.05, 4.69) is 45.7 Å². The number of methoxy groups -OCH3 is 1. The third kappa shape index (κ3) is 5.24. The SMILES string of the molecule is COCCOc1ccc(N2C(=S)NC(c3ccccn3)C2c2cc(C)n(-c3cccc(Cl)c3C)c2C)cc1Cl. The third-order valence-electron chi connectivity index (χ3n) is 7.11. The van der Waals surface area contributed by atoms with Crippen LogP contribution >= 0.6 is 35.4 Å². The molecule has 1 saturated heterocycles. The number of aryl methyl sites for hydroxylation is 1. The first kappa shape index (κ1) is 27.5. The van der Waals surface area contributed by atoms with Crippen LogP contribution in [0.3, 0.4) is 0 Å². The summed E-state index contributed by atoms with van der Waals surface area (Å²) in [5.41, 5.74) is 7.19. The van der Waals surface area contributed by atoms with Crippen molar-refractivity contribution in [3.8, 4) is 11.4 Å². The molecule has 2 aromatic heterocycles. The molecule has 9 heteroatoms. The number of nitrogens with zero attached hydrogens (tertiary/aromatic N) is 3. The number of hydrogen-bond acceptors (Lipinski definition) is 4. The summed E-state index contributed by atoms with van der Waals surface area (Å²) in [6.07, 6.45) is 1.81. The van der Waals surface area contributed by atoms with E-state index in [0.717, 1.165) is 44.6 Å². The molecule has 0 amide bonds. The molecule has 202 valence electrons. The summed E-state index contributed by atoms with van der Waals surface area (Å²) in [5.74, 6) is 0.600. The van der Waals surface area contributed by atoms with Crippen molar-refractivity contribution in [1.82, 2.24) is 14.9 Å². The standard InChI is InChI=1S/C30H30Cl2N4O2S/c1-18-16-22(20(3)35(18)26-10-7-8-23(31)19(26)2)29-28(25-9-5-6-13-33-25)34-30(39)36(29)21-11-12-27(24(32)17-21)38-15-14-37-4/h5-13,16-17,28-29H,14-15H2,1-4H3,(H,34,39). The van der Waals surface area contributed by atoms with E-state index in [0.29, 0.717) is 29.1 Å². The van der Waals surface area contributed by atoms with Crippen molar-refractivity contribution in [3.05, 3.63) is 105 Å². The minimum absolute atomic E-state index is 0.176. The van der Waals surface area contributed by atoms with E-state index in [1.165, 1.54) is 0 Å². The van der Waals surface area contributed by atoms with Gasteiger partial charge in [0.15, 0.2) is 5.11 Å². The van der Waals surface area contributed by atoms with Gasteiger partial charge in [0.2, 0.25) is 0 Å². The molecule has 0 bridgehead atoms. The number of rotatable bonds is 8. The molecule has 3 heterocycles. The smallest absolute Gasteiger partial charge is 0.174 e. The monoisotopic (exact) mass is 580 g/mol. The number of aromatic nitrogens is 2. The molecule has 0 spiro atoms. The molecule has 1 fully saturated rings. The van der Waals surface area contributed by atoms with Crippen molar-refractivity contribution in [2.24, 2.45) is 0 Å². The van der Waals surface area contributed by atoms with Crippen molar-refractivity contribution in [3.63, 3.8) is 0 Å². The van der Waals surface area contributed by atoms with Gasteiger partial charge in [0, 0.05) is 41.1 Å². The predicted molar refractivity (Wildman–Crippen MR) is 162 cm³/mol. The Bertz CT molecular complexity index is 1510. The zero-order chi connectivity index (χ0) is 27.7. The lowest BCUT2D eigenvalue weighted by Gasteiger charge is -2.28. The molecular formula is C30H30Cl2N4O2S. The molecule has 5 rings (SSSR count). The quantitative estimate of drug-likeness (QED) is 0.174. The minimum Gasteiger partial charge on any atom is -0.490 e. The van der Waals surface area contributed by atoms with E-state index in [-0.39, 0.29) is 12.1 Å². The summed E-state index contributed by atoms with van der Waals surface area (Å²) in [4.78, 5) is 6.81. The molecule has 4 aromatic rings. The van der Waals surface area contributed by atoms with Crippen molar-refractivity contribution >= 4 is 46.2 Å². The van der Waals surface area contributed by atoms with Crippen molar-refractivity contribution in [1.29, 1.82) is 0 Å². The fourth-order valence-corrected chi connectivity index (χ4v) is 5.98. The molecule has 2 aromatic carbocycles. The average Bonchev–Trinajstić information content (AvgIpc) is 3.42. The van der Waals surface area contributed by atoms with Crippen LogP contribution in [0.5, 0.6) is 5.75 Å². The number of thiocarbonyl (C=S) groups is 1. The molecule has 0 radical (unpaired) electrons. The molecule has 39 heavy (non-hydrogen) atoms. The summed E-state index contributed by atoms with van der Waals surface area (Å²) in [5, 5.41) is 5.38. The number of ether oxygens (including phenoxy) is 2. The molecule has 1 N–H and O–H groups in total. The van der Waals surface area contributed by atoms with Crippen LogP contribution in [0.15, 0.2) is 66.9 Å². The van der Waals surface area contributed by atoms with Crippen molar-refractivity contribution in [2.45, 2.75) is 32.9 Å². The first-order chi connectivity index (χ1) is 18.8. The molecule has 2 atom stereocenters. The van der Waals surface area contributed by atoms with E-state index in [9.17, 15) is 0 Å². The topological polar surface area (TPSA) is 51.6 Å². The van der Waals surface area contributed by atoms with E-state index >= 15 is 0 Å². The first-order valence-electron chi connectivity index (χ1n) is 12.7. The highest BCUT2D eigenvalue weighted by Crippen LogP contribution is 2.45. The normalized spacial score (nSPS) is 17.0. The van der Waals surface area contributed by atoms with Crippen LogP contribution < -0.4 is 15.0 Å². The number of pyridine rings is 1. The highest BCUT2D eigenvalue weighted by molar-refractivity contribution is 7.80. The van der Waals surface area contributed by atoms with Crippen LogP contribution in [0.4, 0.5) is 5.69 Å². The van der Waals surface area contributed by atoms with E-state index in [4.69, 9.17) is 44.9 Å². The van der Waals surface area contributed by atoms with Crippen LogP contribution in [0.1, 0.15) is 40.3 Å². The van der Waals surface area contributed by atoms with Gasteiger partial charge in [0.05, 0.1) is 29.4 Å². The van der Waals surface area contributed by atoms with Crippen LogP contribution in [0, 0.1) is 20.8 Å². The Kier molecular flexibility index (Phi) is 8.14. The second kappa shape index (κ2) is 11.6. The Morgan fingerprint density at radius 1 is 0.974 bits per heavy atom. The lowest BCUT2D eigenvalue weighted by Crippen LogP contribution is -2.29. The lowest BCUT2D eigenvalue weighted by atomic mass is 9.96. The number of anilines is 1. The minimum atomic E-state index is -0.178. The van der Waals surface area contributed by atoms with Crippen molar-refractivity contribution in [2.75, 3.05) is 25.2 Å². The summed E-state index contributed by atoms with van der Waals surface area (Å²) < 4.78 is 13.1. The van der Waals surface area contributed by atoms with Crippen molar-refractivity contribution < 1.29 is 9.47 Å². The van der Waals surface area contributed by atoms with E-state index in [1.807, 2.05) is 55.5 Å². The number of hydrogen-bond donors (Lipinski definition) is 1. The van der Waals surface area contributed by atoms with Gasteiger partial charge < -0.3 is 24.3 Å². The largest absolute Gasteiger partial charge is 0.490 e. The van der Waals surface area contributed by atoms with Gasteiger partial charge in [-0.05, 0) is 92.6 Å². The maximum atomic E-state index is 6.67. The Balaban J connectivity index is 1.62. The van der Waals surface area contributed by atoms with Gasteiger partial charge in [-0.2, -0.15) is 0 Å². The van der Waals surface area contributed by atoms with Gasteiger partial charge >= 0.3 is 0 Å². The molecule has 1 aliphatic heterocycles. The van der Waals surface area contributed by atoms with Gasteiger partial charge in [-0.25, -0.2) is 0 Å². The van der Waals surface area contributed by atoms with Crippen LogP contribution in [-0.2, 0) is 4.74 Å². The zero-order valence-corrected chi connectivity index (χ0v) is 24.6. The second-order valence-electron chi connectivity index (χ2n) is 9.50. The molecule has 2 unspecified atom stereocenters. The van der Waals surface area contributed by atoms with Crippen LogP contribution in [0.2, 0.25) is 10.0 Å². The highest BCUT2D eigenvalue weighted by atomic mass is 35.5. The fourth-order valence-electron chi connectivity index (χ4n) is 5.24. The summed E-state index contributed by atoms with van der Waals surface area (Å²) in [7, 11) is 1.64. The van der Waals surface area contributed by atoms with Crippen LogP contribution in [0.25, 0.3) is 5.69 Å². The van der Waals surface area contributed by atoms with Gasteiger partial charge in [-0.15, -0.1) is 0 Å². The summed E-state index contributed by atoms with van der Waals surface area (Å²) in [6.45, 7) is 7.19. The second-order valence-corrected chi connectivity index (χ2v) is 10.7. The van der Waals surface area contributed by atoms with Gasteiger partial charge in [-0.1, -0.05) is 35.3 Å².